The van der Waals surface area contributed by atoms with Crippen LogP contribution in [0.5, 0.6) is 0 Å². The first-order chi connectivity index (χ1) is 9.56. The van der Waals surface area contributed by atoms with E-state index in [0.717, 1.165) is 16.8 Å². The van der Waals surface area contributed by atoms with E-state index in [9.17, 15) is 4.79 Å². The number of anilines is 1. The van der Waals surface area contributed by atoms with Gasteiger partial charge < -0.3 is 5.32 Å². The van der Waals surface area contributed by atoms with Gasteiger partial charge >= 0.3 is 0 Å². The fourth-order valence-electron chi connectivity index (χ4n) is 2.10. The fraction of sp³-hybridized carbons (Fsp3) is 0.188. The average molecular weight is 306 g/mol. The van der Waals surface area contributed by atoms with Crippen LogP contribution in [0.4, 0.5) is 5.69 Å². The lowest BCUT2D eigenvalue weighted by Crippen LogP contribution is -2.16. The van der Waals surface area contributed by atoms with E-state index in [-0.39, 0.29) is 11.8 Å². The van der Waals surface area contributed by atoms with Crippen LogP contribution in [0.25, 0.3) is 11.1 Å². The van der Waals surface area contributed by atoms with E-state index in [1.165, 1.54) is 0 Å². The topological polar surface area (TPSA) is 29.1 Å². The van der Waals surface area contributed by atoms with Crippen LogP contribution >= 0.6 is 23.2 Å². The van der Waals surface area contributed by atoms with Crippen molar-refractivity contribution in [3.8, 4) is 11.1 Å². The van der Waals surface area contributed by atoms with Gasteiger partial charge in [-0.1, -0.05) is 42.5 Å². The van der Waals surface area contributed by atoms with Gasteiger partial charge in [-0.25, -0.2) is 0 Å². The summed E-state index contributed by atoms with van der Waals surface area (Å²) in [7, 11) is 0. The zero-order chi connectivity index (χ0) is 14.2. The second kappa shape index (κ2) is 5.12. The molecule has 0 aromatic heterocycles. The second-order valence-electron chi connectivity index (χ2n) is 4.95. The van der Waals surface area contributed by atoms with Crippen LogP contribution in [0.15, 0.2) is 54.6 Å². The summed E-state index contributed by atoms with van der Waals surface area (Å²) in [6, 6.07) is 17.8. The Bertz CT molecular complexity index is 623. The number of rotatable bonds is 3. The van der Waals surface area contributed by atoms with Crippen LogP contribution in [-0.4, -0.2) is 10.2 Å². The maximum atomic E-state index is 11.9. The summed E-state index contributed by atoms with van der Waals surface area (Å²) < 4.78 is -0.881. The first kappa shape index (κ1) is 13.5. The summed E-state index contributed by atoms with van der Waals surface area (Å²) >= 11 is 11.8. The van der Waals surface area contributed by atoms with E-state index in [1.807, 2.05) is 54.6 Å². The molecule has 102 valence electrons. The quantitative estimate of drug-likeness (QED) is 0.832. The van der Waals surface area contributed by atoms with Crippen LogP contribution in [0.1, 0.15) is 6.42 Å². The second-order valence-corrected chi connectivity index (χ2v) is 6.49. The average Bonchev–Trinajstić information content (AvgIpc) is 3.10. The Labute approximate surface area is 127 Å². The van der Waals surface area contributed by atoms with E-state index < -0.39 is 4.33 Å². The summed E-state index contributed by atoms with van der Waals surface area (Å²) in [6.45, 7) is 0. The van der Waals surface area contributed by atoms with Crippen molar-refractivity contribution in [2.24, 2.45) is 5.92 Å². The van der Waals surface area contributed by atoms with Gasteiger partial charge in [-0.2, -0.15) is 0 Å². The van der Waals surface area contributed by atoms with Gasteiger partial charge in [0.2, 0.25) is 5.91 Å². The zero-order valence-corrected chi connectivity index (χ0v) is 12.2. The monoisotopic (exact) mass is 305 g/mol. The molecule has 0 radical (unpaired) electrons. The first-order valence-electron chi connectivity index (χ1n) is 6.40. The van der Waals surface area contributed by atoms with Crippen molar-refractivity contribution in [2.75, 3.05) is 5.32 Å². The number of hydrogen-bond acceptors (Lipinski definition) is 1. The van der Waals surface area contributed by atoms with E-state index in [0.29, 0.717) is 6.42 Å². The molecule has 1 aliphatic carbocycles. The molecule has 1 amide bonds. The fourth-order valence-corrected chi connectivity index (χ4v) is 2.61. The van der Waals surface area contributed by atoms with Crippen molar-refractivity contribution in [2.45, 2.75) is 10.8 Å². The normalized spacial score (nSPS) is 19.4. The minimum atomic E-state index is -0.881. The molecule has 3 rings (SSSR count). The van der Waals surface area contributed by atoms with Crippen molar-refractivity contribution < 1.29 is 4.79 Å². The number of alkyl halides is 2. The summed E-state index contributed by atoms with van der Waals surface area (Å²) in [5.41, 5.74) is 3.01. The molecule has 1 atom stereocenters. The largest absolute Gasteiger partial charge is 0.326 e. The molecule has 4 heteroatoms. The van der Waals surface area contributed by atoms with Crippen molar-refractivity contribution in [1.29, 1.82) is 0 Å². The molecule has 2 nitrogen and oxygen atoms in total. The van der Waals surface area contributed by atoms with Crippen LogP contribution in [0, 0.1) is 5.92 Å². The van der Waals surface area contributed by atoms with Gasteiger partial charge in [0.05, 0.1) is 5.92 Å². The lowest BCUT2D eigenvalue weighted by atomic mass is 10.1. The Balaban J connectivity index is 1.69. The van der Waals surface area contributed by atoms with E-state index in [1.54, 1.807) is 0 Å². The third-order valence-corrected chi connectivity index (χ3v) is 4.24. The molecular formula is C16H13Cl2NO. The highest BCUT2D eigenvalue weighted by Gasteiger charge is 2.56. The summed E-state index contributed by atoms with van der Waals surface area (Å²) in [4.78, 5) is 11.9. The standard InChI is InChI=1S/C16H13Cl2NO/c17-16(18)10-14(16)15(20)19-13-8-6-12(7-9-13)11-4-2-1-3-5-11/h1-9,14H,10H2,(H,19,20)/t14-/m1/s1. The van der Waals surface area contributed by atoms with Crippen LogP contribution in [0.2, 0.25) is 0 Å². The third kappa shape index (κ3) is 2.82. The Morgan fingerprint density at radius 1 is 1.00 bits per heavy atom. The number of nitrogens with one attached hydrogen (secondary N) is 1. The molecule has 0 spiro atoms. The number of carbonyl (C=O) groups is 1. The van der Waals surface area contributed by atoms with Crippen LogP contribution in [0.3, 0.4) is 0 Å². The molecule has 0 saturated heterocycles. The van der Waals surface area contributed by atoms with Gasteiger partial charge in [0.15, 0.2) is 0 Å². The smallest absolute Gasteiger partial charge is 0.230 e. The molecule has 20 heavy (non-hydrogen) atoms. The van der Waals surface area contributed by atoms with Crippen molar-refractivity contribution in [3.63, 3.8) is 0 Å². The van der Waals surface area contributed by atoms with Gasteiger partial charge in [0.1, 0.15) is 4.33 Å². The highest BCUT2D eigenvalue weighted by Crippen LogP contribution is 2.53. The predicted octanol–water partition coefficient (Wildman–Crippen LogP) is 4.49. The van der Waals surface area contributed by atoms with Crippen molar-refractivity contribution >= 4 is 34.8 Å². The summed E-state index contributed by atoms with van der Waals surface area (Å²) in [5.74, 6) is -0.429. The van der Waals surface area contributed by atoms with Gasteiger partial charge in [0, 0.05) is 5.69 Å². The molecule has 0 aliphatic heterocycles. The number of halogens is 2. The summed E-state index contributed by atoms with van der Waals surface area (Å²) in [6.07, 6.45) is 0.518. The third-order valence-electron chi connectivity index (χ3n) is 3.40. The lowest BCUT2D eigenvalue weighted by Gasteiger charge is -2.07. The molecule has 2 aromatic rings. The molecular weight excluding hydrogens is 293 g/mol. The van der Waals surface area contributed by atoms with Crippen molar-refractivity contribution in [3.05, 3.63) is 54.6 Å². The summed E-state index contributed by atoms with van der Waals surface area (Å²) in [5, 5.41) is 2.83. The molecule has 1 N–H and O–H groups in total. The number of amides is 1. The molecule has 1 saturated carbocycles. The predicted molar refractivity (Wildman–Crippen MR) is 83.1 cm³/mol. The number of benzene rings is 2. The number of carbonyl (C=O) groups excluding carboxylic acids is 1. The van der Waals surface area contributed by atoms with Crippen molar-refractivity contribution in [1.82, 2.24) is 0 Å². The number of hydrogen-bond donors (Lipinski definition) is 1. The first-order valence-corrected chi connectivity index (χ1v) is 7.16. The zero-order valence-electron chi connectivity index (χ0n) is 10.6. The molecule has 0 unspecified atom stereocenters. The lowest BCUT2D eigenvalue weighted by molar-refractivity contribution is -0.117. The van der Waals surface area contributed by atoms with E-state index >= 15 is 0 Å². The van der Waals surface area contributed by atoms with Gasteiger partial charge in [-0.3, -0.25) is 4.79 Å². The van der Waals surface area contributed by atoms with Gasteiger partial charge in [-0.05, 0) is 29.7 Å². The maximum absolute atomic E-state index is 11.9. The molecule has 1 fully saturated rings. The molecule has 2 aromatic carbocycles. The minimum absolute atomic E-state index is 0.123. The highest BCUT2D eigenvalue weighted by molar-refractivity contribution is 6.52. The molecule has 0 bridgehead atoms. The Morgan fingerprint density at radius 2 is 1.55 bits per heavy atom. The molecule has 1 aliphatic rings. The Hall–Kier alpha value is -1.51. The maximum Gasteiger partial charge on any atom is 0.230 e. The highest BCUT2D eigenvalue weighted by atomic mass is 35.5. The van der Waals surface area contributed by atoms with Crippen LogP contribution < -0.4 is 5.32 Å². The van der Waals surface area contributed by atoms with Gasteiger partial charge in [0.25, 0.3) is 0 Å². The Kier molecular flexibility index (Phi) is 3.45. The minimum Gasteiger partial charge on any atom is -0.326 e. The van der Waals surface area contributed by atoms with Crippen LogP contribution in [-0.2, 0) is 4.79 Å². The van der Waals surface area contributed by atoms with E-state index in [4.69, 9.17) is 23.2 Å². The van der Waals surface area contributed by atoms with Gasteiger partial charge in [-0.15, -0.1) is 23.2 Å². The SMILES string of the molecule is O=C(Nc1ccc(-c2ccccc2)cc1)[C@H]1CC1(Cl)Cl. The van der Waals surface area contributed by atoms with E-state index in [2.05, 4.69) is 5.32 Å². The molecule has 0 heterocycles. The Morgan fingerprint density at radius 3 is 2.10 bits per heavy atom.